The fourth-order valence-electron chi connectivity index (χ4n) is 2.43. The number of nitrogens with one attached hydrogen (secondary N) is 1. The second-order valence-electron chi connectivity index (χ2n) is 5.21. The van der Waals surface area contributed by atoms with E-state index in [0.717, 1.165) is 44.5 Å². The van der Waals surface area contributed by atoms with Crippen molar-refractivity contribution < 1.29 is 9.53 Å². The van der Waals surface area contributed by atoms with Gasteiger partial charge in [0.1, 0.15) is 5.75 Å². The van der Waals surface area contributed by atoms with Gasteiger partial charge in [0.25, 0.3) is 0 Å². The van der Waals surface area contributed by atoms with Gasteiger partial charge in [-0.25, -0.2) is 4.79 Å². The van der Waals surface area contributed by atoms with E-state index >= 15 is 0 Å². The predicted molar refractivity (Wildman–Crippen MR) is 79.9 cm³/mol. The van der Waals surface area contributed by atoms with Gasteiger partial charge in [0.2, 0.25) is 0 Å². The number of piperidine rings is 1. The zero-order valence-corrected chi connectivity index (χ0v) is 12.2. The molecule has 0 spiro atoms. The summed E-state index contributed by atoms with van der Waals surface area (Å²) >= 11 is 0. The van der Waals surface area contributed by atoms with Crippen LogP contribution >= 0.6 is 0 Å². The quantitative estimate of drug-likeness (QED) is 0.839. The Balaban J connectivity index is 1.70. The molecule has 4 nitrogen and oxygen atoms in total. The summed E-state index contributed by atoms with van der Waals surface area (Å²) in [5.41, 5.74) is 1.32. The van der Waals surface area contributed by atoms with Crippen LogP contribution in [0.2, 0.25) is 0 Å². The van der Waals surface area contributed by atoms with Crippen molar-refractivity contribution in [1.82, 2.24) is 10.2 Å². The summed E-state index contributed by atoms with van der Waals surface area (Å²) < 4.78 is 5.54. The summed E-state index contributed by atoms with van der Waals surface area (Å²) in [6, 6.07) is 8.04. The molecule has 0 saturated carbocycles. The van der Waals surface area contributed by atoms with Gasteiger partial charge in [0, 0.05) is 13.1 Å². The molecule has 110 valence electrons. The van der Waals surface area contributed by atoms with Crippen molar-refractivity contribution in [2.75, 3.05) is 19.8 Å². The van der Waals surface area contributed by atoms with Gasteiger partial charge >= 0.3 is 6.03 Å². The highest BCUT2D eigenvalue weighted by Crippen LogP contribution is 2.13. The average Bonchev–Trinajstić information content (AvgIpc) is 2.50. The second kappa shape index (κ2) is 7.78. The van der Waals surface area contributed by atoms with Crippen LogP contribution in [0.5, 0.6) is 5.75 Å². The average molecular weight is 276 g/mol. The summed E-state index contributed by atoms with van der Waals surface area (Å²) in [5, 5.41) is 2.81. The molecule has 1 aromatic rings. The van der Waals surface area contributed by atoms with Gasteiger partial charge in [-0.2, -0.15) is 0 Å². The monoisotopic (exact) mass is 276 g/mol. The Morgan fingerprint density at radius 2 is 1.90 bits per heavy atom. The third-order valence-electron chi connectivity index (χ3n) is 3.57. The van der Waals surface area contributed by atoms with E-state index in [1.54, 1.807) is 0 Å². The number of hydrogen-bond acceptors (Lipinski definition) is 2. The van der Waals surface area contributed by atoms with Gasteiger partial charge < -0.3 is 15.0 Å². The van der Waals surface area contributed by atoms with Gasteiger partial charge in [-0.05, 0) is 43.4 Å². The van der Waals surface area contributed by atoms with Crippen molar-refractivity contribution in [2.45, 2.75) is 39.0 Å². The van der Waals surface area contributed by atoms with Crippen molar-refractivity contribution in [3.63, 3.8) is 0 Å². The molecule has 1 saturated heterocycles. The molecule has 4 heteroatoms. The van der Waals surface area contributed by atoms with Crippen molar-refractivity contribution in [3.05, 3.63) is 29.8 Å². The molecule has 0 atom stereocenters. The summed E-state index contributed by atoms with van der Waals surface area (Å²) in [6.45, 7) is 4.11. The number of carbonyl (C=O) groups excluding carboxylic acids is 1. The van der Waals surface area contributed by atoms with Crippen molar-refractivity contribution >= 4 is 6.03 Å². The minimum atomic E-state index is -0.0210. The Morgan fingerprint density at radius 3 is 2.55 bits per heavy atom. The summed E-state index contributed by atoms with van der Waals surface area (Å²) in [6.07, 6.45) is 5.67. The number of aryl methyl sites for hydroxylation is 1. The van der Waals surface area contributed by atoms with Gasteiger partial charge in [-0.1, -0.05) is 25.5 Å². The van der Waals surface area contributed by atoms with E-state index in [9.17, 15) is 4.79 Å². The maximum Gasteiger partial charge on any atom is 0.320 e. The van der Waals surface area contributed by atoms with Crippen LogP contribution in [0.4, 0.5) is 4.79 Å². The third-order valence-corrected chi connectivity index (χ3v) is 3.57. The summed E-state index contributed by atoms with van der Waals surface area (Å²) in [5.74, 6) is 0.795. The van der Waals surface area contributed by atoms with Crippen LogP contribution in [0.25, 0.3) is 0 Å². The van der Waals surface area contributed by atoms with Gasteiger partial charge in [0.05, 0.1) is 0 Å². The number of benzene rings is 1. The molecule has 20 heavy (non-hydrogen) atoms. The number of urea groups is 1. The lowest BCUT2D eigenvalue weighted by Gasteiger charge is -2.26. The highest BCUT2D eigenvalue weighted by atomic mass is 16.5. The topological polar surface area (TPSA) is 41.6 Å². The predicted octanol–water partition coefficient (Wildman–Crippen LogP) is 3.17. The molecule has 0 bridgehead atoms. The molecule has 1 N–H and O–H groups in total. The maximum atomic E-state index is 11.9. The smallest absolute Gasteiger partial charge is 0.320 e. The first kappa shape index (κ1) is 14.7. The van der Waals surface area contributed by atoms with Crippen LogP contribution in [0.15, 0.2) is 24.3 Å². The van der Waals surface area contributed by atoms with E-state index in [0.29, 0.717) is 0 Å². The molecule has 2 amide bonds. The number of rotatable bonds is 5. The largest absolute Gasteiger partial charge is 0.473 e. The molecule has 1 aliphatic heterocycles. The first-order valence-corrected chi connectivity index (χ1v) is 7.54. The molecule has 0 radical (unpaired) electrons. The van der Waals surface area contributed by atoms with Gasteiger partial charge in [-0.3, -0.25) is 0 Å². The number of nitrogens with zero attached hydrogens (tertiary/aromatic N) is 1. The van der Waals surface area contributed by atoms with Crippen LogP contribution in [0, 0.1) is 0 Å². The Kier molecular flexibility index (Phi) is 5.71. The minimum Gasteiger partial charge on any atom is -0.473 e. The second-order valence-corrected chi connectivity index (χ2v) is 5.21. The van der Waals surface area contributed by atoms with E-state index < -0.39 is 0 Å². The summed E-state index contributed by atoms with van der Waals surface area (Å²) in [7, 11) is 0. The van der Waals surface area contributed by atoms with Crippen molar-refractivity contribution in [2.24, 2.45) is 0 Å². The van der Waals surface area contributed by atoms with Crippen LogP contribution in [-0.2, 0) is 6.42 Å². The molecule has 1 aliphatic rings. The highest BCUT2D eigenvalue weighted by molar-refractivity contribution is 5.74. The highest BCUT2D eigenvalue weighted by Gasteiger charge is 2.15. The van der Waals surface area contributed by atoms with Gasteiger partial charge in [-0.15, -0.1) is 0 Å². The van der Waals surface area contributed by atoms with Gasteiger partial charge in [0.15, 0.2) is 6.73 Å². The molecule has 0 unspecified atom stereocenters. The minimum absolute atomic E-state index is 0.0210. The molecule has 1 fully saturated rings. The lowest BCUT2D eigenvalue weighted by molar-refractivity contribution is 0.174. The van der Waals surface area contributed by atoms with Crippen molar-refractivity contribution in [3.8, 4) is 5.75 Å². The van der Waals surface area contributed by atoms with E-state index in [4.69, 9.17) is 4.74 Å². The molecule has 1 heterocycles. The Bertz CT molecular complexity index is 411. The number of likely N-dealkylation sites (tertiary alicyclic amines) is 1. The zero-order valence-electron chi connectivity index (χ0n) is 12.2. The number of ether oxygens (including phenoxy) is 1. The maximum absolute atomic E-state index is 11.9. The Hall–Kier alpha value is -1.71. The third kappa shape index (κ3) is 4.44. The van der Waals surface area contributed by atoms with E-state index in [1.807, 2.05) is 17.0 Å². The first-order chi connectivity index (χ1) is 9.79. The van der Waals surface area contributed by atoms with Crippen LogP contribution in [-0.4, -0.2) is 30.8 Å². The number of hydrogen-bond donors (Lipinski definition) is 1. The van der Waals surface area contributed by atoms with E-state index in [-0.39, 0.29) is 12.8 Å². The molecular formula is C16H24N2O2. The molecule has 1 aromatic carbocycles. The lowest BCUT2D eigenvalue weighted by Crippen LogP contribution is -2.43. The van der Waals surface area contributed by atoms with Crippen LogP contribution in [0.3, 0.4) is 0 Å². The van der Waals surface area contributed by atoms with Crippen LogP contribution in [0.1, 0.15) is 38.2 Å². The van der Waals surface area contributed by atoms with Crippen molar-refractivity contribution in [1.29, 1.82) is 0 Å². The van der Waals surface area contributed by atoms with E-state index in [2.05, 4.69) is 24.4 Å². The zero-order chi connectivity index (χ0) is 14.2. The molecule has 0 aromatic heterocycles. The normalized spacial score (nSPS) is 14.9. The lowest BCUT2D eigenvalue weighted by atomic mass is 10.1. The number of carbonyl (C=O) groups is 1. The van der Waals surface area contributed by atoms with Crippen LogP contribution < -0.4 is 10.1 Å². The summed E-state index contributed by atoms with van der Waals surface area (Å²) in [4.78, 5) is 13.7. The molecule has 0 aliphatic carbocycles. The Morgan fingerprint density at radius 1 is 1.20 bits per heavy atom. The number of amides is 2. The SMILES string of the molecule is CCCc1ccc(OCNC(=O)N2CCCCC2)cc1. The van der Waals surface area contributed by atoms with E-state index in [1.165, 1.54) is 12.0 Å². The fraction of sp³-hybridized carbons (Fsp3) is 0.562. The molecular weight excluding hydrogens is 252 g/mol. The standard InChI is InChI=1S/C16H24N2O2/c1-2-6-14-7-9-15(10-8-14)20-13-17-16(19)18-11-4-3-5-12-18/h7-10H,2-6,11-13H2,1H3,(H,17,19). The first-order valence-electron chi connectivity index (χ1n) is 7.54. The fourth-order valence-corrected chi connectivity index (χ4v) is 2.43. The molecule has 2 rings (SSSR count). The Labute approximate surface area is 121 Å².